The van der Waals surface area contributed by atoms with Gasteiger partial charge in [0.2, 0.25) is 0 Å². The number of nitrogens with zero attached hydrogens (tertiary/aromatic N) is 1. The van der Waals surface area contributed by atoms with Gasteiger partial charge in [0, 0.05) is 16.5 Å². The van der Waals surface area contributed by atoms with E-state index in [0.717, 1.165) is 35.9 Å². The molecule has 2 N–H and O–H groups in total. The molecule has 1 saturated carbocycles. The van der Waals surface area contributed by atoms with E-state index in [1.807, 2.05) is 19.1 Å². The fourth-order valence-electron chi connectivity index (χ4n) is 2.00. The normalized spacial score (nSPS) is 18.3. The Morgan fingerprint density at radius 1 is 1.47 bits per heavy atom. The maximum atomic E-state index is 6.11. The second-order valence-electron chi connectivity index (χ2n) is 4.60. The van der Waals surface area contributed by atoms with E-state index in [9.17, 15) is 0 Å². The van der Waals surface area contributed by atoms with E-state index in [4.69, 9.17) is 10.3 Å². The Morgan fingerprint density at radius 2 is 2.27 bits per heavy atom. The number of fused-ring (bicyclic) bond motifs is 1. The first-order chi connectivity index (χ1) is 7.18. The molecule has 2 aromatic rings. The first-order valence-electron chi connectivity index (χ1n) is 5.31. The summed E-state index contributed by atoms with van der Waals surface area (Å²) in [6, 6.07) is 6.17. The Balaban J connectivity index is 2.09. The van der Waals surface area contributed by atoms with Crippen molar-refractivity contribution in [1.29, 1.82) is 0 Å². The molecule has 0 atom stereocenters. The van der Waals surface area contributed by atoms with E-state index in [1.54, 1.807) is 0 Å². The molecule has 3 heteroatoms. The summed E-state index contributed by atoms with van der Waals surface area (Å²) in [5.74, 6) is 0. The number of aromatic nitrogens is 1. The molecule has 3 nitrogen and oxygen atoms in total. The van der Waals surface area contributed by atoms with Gasteiger partial charge in [-0.1, -0.05) is 17.3 Å². The lowest BCUT2D eigenvalue weighted by Gasteiger charge is -2.07. The average molecular weight is 202 g/mol. The van der Waals surface area contributed by atoms with Crippen LogP contribution in [-0.4, -0.2) is 10.7 Å². The molecule has 1 aliphatic rings. The van der Waals surface area contributed by atoms with Crippen LogP contribution < -0.4 is 5.73 Å². The molecule has 0 unspecified atom stereocenters. The Hall–Kier alpha value is -1.35. The monoisotopic (exact) mass is 202 g/mol. The van der Waals surface area contributed by atoms with Crippen molar-refractivity contribution in [3.05, 3.63) is 29.5 Å². The first-order valence-corrected chi connectivity index (χ1v) is 5.31. The quantitative estimate of drug-likeness (QED) is 0.812. The van der Waals surface area contributed by atoms with Crippen LogP contribution in [0.4, 0.5) is 0 Å². The van der Waals surface area contributed by atoms with Crippen LogP contribution in [0, 0.1) is 6.92 Å². The zero-order chi connectivity index (χ0) is 10.5. The summed E-state index contributed by atoms with van der Waals surface area (Å²) in [6.45, 7) is 1.96. The predicted octanol–water partition coefficient (Wildman–Crippen LogP) is 2.17. The SMILES string of the molecule is Cc1noc2c(CC3(N)CC3)cccc12. The van der Waals surface area contributed by atoms with Crippen molar-refractivity contribution in [3.63, 3.8) is 0 Å². The summed E-state index contributed by atoms with van der Waals surface area (Å²) in [5.41, 5.74) is 9.19. The molecule has 1 aliphatic carbocycles. The zero-order valence-corrected chi connectivity index (χ0v) is 8.79. The summed E-state index contributed by atoms with van der Waals surface area (Å²) in [5, 5.41) is 5.10. The number of nitrogens with two attached hydrogens (primary N) is 1. The Kier molecular flexibility index (Phi) is 1.68. The molecule has 0 spiro atoms. The Bertz CT molecular complexity index is 511. The van der Waals surface area contributed by atoms with Crippen molar-refractivity contribution >= 4 is 11.0 Å². The molecule has 0 bridgehead atoms. The van der Waals surface area contributed by atoms with Gasteiger partial charge in [-0.15, -0.1) is 0 Å². The lowest BCUT2D eigenvalue weighted by Crippen LogP contribution is -2.24. The van der Waals surface area contributed by atoms with Crippen molar-refractivity contribution in [3.8, 4) is 0 Å². The van der Waals surface area contributed by atoms with E-state index in [0.29, 0.717) is 0 Å². The number of hydrogen-bond donors (Lipinski definition) is 1. The van der Waals surface area contributed by atoms with Gasteiger partial charge in [-0.25, -0.2) is 0 Å². The van der Waals surface area contributed by atoms with Crippen LogP contribution in [0.5, 0.6) is 0 Å². The number of hydrogen-bond acceptors (Lipinski definition) is 3. The molecule has 1 aromatic heterocycles. The molecule has 0 amide bonds. The molecule has 1 heterocycles. The predicted molar refractivity (Wildman–Crippen MR) is 58.6 cm³/mol. The minimum atomic E-state index is 0.0228. The van der Waals surface area contributed by atoms with Gasteiger partial charge in [0.25, 0.3) is 0 Å². The molecule has 3 rings (SSSR count). The number of para-hydroxylation sites is 1. The van der Waals surface area contributed by atoms with Crippen LogP contribution >= 0.6 is 0 Å². The minimum absolute atomic E-state index is 0.0228. The van der Waals surface area contributed by atoms with Gasteiger partial charge >= 0.3 is 0 Å². The fourth-order valence-corrected chi connectivity index (χ4v) is 2.00. The van der Waals surface area contributed by atoms with Crippen molar-refractivity contribution in [2.75, 3.05) is 0 Å². The summed E-state index contributed by atoms with van der Waals surface area (Å²) in [4.78, 5) is 0. The summed E-state index contributed by atoms with van der Waals surface area (Å²) >= 11 is 0. The Morgan fingerprint density at radius 3 is 3.00 bits per heavy atom. The van der Waals surface area contributed by atoms with E-state index in [-0.39, 0.29) is 5.54 Å². The summed E-state index contributed by atoms with van der Waals surface area (Å²) in [7, 11) is 0. The standard InChI is InChI=1S/C12H14N2O/c1-8-10-4-2-3-9(11(10)15-14-8)7-12(13)5-6-12/h2-4H,5-7,13H2,1H3. The molecule has 0 aliphatic heterocycles. The third-order valence-electron chi connectivity index (χ3n) is 3.19. The lowest BCUT2D eigenvalue weighted by molar-refractivity contribution is 0.446. The van der Waals surface area contributed by atoms with E-state index in [2.05, 4.69) is 11.2 Å². The number of benzene rings is 1. The fraction of sp³-hybridized carbons (Fsp3) is 0.417. The van der Waals surface area contributed by atoms with E-state index in [1.165, 1.54) is 5.56 Å². The topological polar surface area (TPSA) is 52.0 Å². The van der Waals surface area contributed by atoms with Crippen molar-refractivity contribution in [1.82, 2.24) is 5.16 Å². The number of aryl methyl sites for hydroxylation is 1. The van der Waals surface area contributed by atoms with Crippen LogP contribution in [0.2, 0.25) is 0 Å². The van der Waals surface area contributed by atoms with E-state index >= 15 is 0 Å². The number of rotatable bonds is 2. The van der Waals surface area contributed by atoms with Crippen LogP contribution in [0.25, 0.3) is 11.0 Å². The maximum Gasteiger partial charge on any atom is 0.170 e. The van der Waals surface area contributed by atoms with Crippen molar-refractivity contribution < 1.29 is 4.52 Å². The molecule has 0 saturated heterocycles. The molecule has 1 fully saturated rings. The first kappa shape index (κ1) is 8.92. The second kappa shape index (κ2) is 2.83. The van der Waals surface area contributed by atoms with Gasteiger partial charge in [-0.3, -0.25) is 0 Å². The molecular formula is C12H14N2O. The van der Waals surface area contributed by atoms with Crippen molar-refractivity contribution in [2.24, 2.45) is 5.73 Å². The molecule has 15 heavy (non-hydrogen) atoms. The van der Waals surface area contributed by atoms with Crippen LogP contribution in [-0.2, 0) is 6.42 Å². The highest BCUT2D eigenvalue weighted by Crippen LogP contribution is 2.37. The Labute approximate surface area is 88.2 Å². The molecule has 78 valence electrons. The second-order valence-corrected chi connectivity index (χ2v) is 4.60. The molecular weight excluding hydrogens is 188 g/mol. The third kappa shape index (κ3) is 1.43. The van der Waals surface area contributed by atoms with Gasteiger partial charge in [0.05, 0.1) is 5.69 Å². The van der Waals surface area contributed by atoms with Gasteiger partial charge in [-0.05, 0) is 32.3 Å². The highest BCUT2D eigenvalue weighted by Gasteiger charge is 2.38. The highest BCUT2D eigenvalue weighted by molar-refractivity contribution is 5.82. The smallest absolute Gasteiger partial charge is 0.170 e. The summed E-state index contributed by atoms with van der Waals surface area (Å²) in [6.07, 6.45) is 3.14. The van der Waals surface area contributed by atoms with Gasteiger partial charge in [0.1, 0.15) is 0 Å². The van der Waals surface area contributed by atoms with Crippen molar-refractivity contribution in [2.45, 2.75) is 31.7 Å². The zero-order valence-electron chi connectivity index (χ0n) is 8.79. The summed E-state index contributed by atoms with van der Waals surface area (Å²) < 4.78 is 5.35. The molecule has 0 radical (unpaired) electrons. The average Bonchev–Trinajstić information content (AvgIpc) is 2.81. The largest absolute Gasteiger partial charge is 0.356 e. The maximum absolute atomic E-state index is 6.11. The minimum Gasteiger partial charge on any atom is -0.356 e. The third-order valence-corrected chi connectivity index (χ3v) is 3.19. The van der Waals surface area contributed by atoms with E-state index < -0.39 is 0 Å². The van der Waals surface area contributed by atoms with Crippen LogP contribution in [0.1, 0.15) is 24.1 Å². The van der Waals surface area contributed by atoms with Crippen LogP contribution in [0.15, 0.2) is 22.7 Å². The lowest BCUT2D eigenvalue weighted by atomic mass is 10.0. The van der Waals surface area contributed by atoms with Gasteiger partial charge < -0.3 is 10.3 Å². The molecule has 1 aromatic carbocycles. The van der Waals surface area contributed by atoms with Crippen LogP contribution in [0.3, 0.4) is 0 Å². The van der Waals surface area contributed by atoms with Gasteiger partial charge in [0.15, 0.2) is 5.58 Å². The van der Waals surface area contributed by atoms with Gasteiger partial charge in [-0.2, -0.15) is 0 Å². The highest BCUT2D eigenvalue weighted by atomic mass is 16.5.